The SMILES string of the molecule is CC(C)CN1CC(C(=O)Nc2nc3c(s2)CCCCC3)CC1=O. The van der Waals surface area contributed by atoms with Crippen LogP contribution in [0.5, 0.6) is 0 Å². The minimum atomic E-state index is -0.245. The Labute approximate surface area is 141 Å². The second-order valence-corrected chi connectivity index (χ2v) is 8.12. The first-order chi connectivity index (χ1) is 11.0. The summed E-state index contributed by atoms with van der Waals surface area (Å²) in [4.78, 5) is 32.2. The van der Waals surface area contributed by atoms with Crippen molar-refractivity contribution in [1.82, 2.24) is 9.88 Å². The van der Waals surface area contributed by atoms with Gasteiger partial charge < -0.3 is 10.2 Å². The number of rotatable bonds is 4. The van der Waals surface area contributed by atoms with Crippen LogP contribution in [0.25, 0.3) is 0 Å². The normalized spacial score (nSPS) is 21.4. The number of fused-ring (bicyclic) bond motifs is 1. The Bertz CT molecular complexity index is 573. The first-order valence-corrected chi connectivity index (χ1v) is 9.42. The molecule has 1 aliphatic heterocycles. The maximum Gasteiger partial charge on any atom is 0.231 e. The van der Waals surface area contributed by atoms with E-state index in [0.717, 1.165) is 25.1 Å². The van der Waals surface area contributed by atoms with E-state index in [1.807, 2.05) is 4.90 Å². The summed E-state index contributed by atoms with van der Waals surface area (Å²) in [5.74, 6) is 0.211. The summed E-state index contributed by atoms with van der Waals surface area (Å²) < 4.78 is 0. The van der Waals surface area contributed by atoms with Crippen LogP contribution in [0.1, 0.15) is 50.1 Å². The zero-order chi connectivity index (χ0) is 16.4. The molecule has 2 aliphatic rings. The Balaban J connectivity index is 1.60. The highest BCUT2D eigenvalue weighted by Crippen LogP contribution is 2.30. The van der Waals surface area contributed by atoms with Gasteiger partial charge in [-0.3, -0.25) is 9.59 Å². The third-order valence-electron chi connectivity index (χ3n) is 4.50. The number of amides is 2. The van der Waals surface area contributed by atoms with Crippen molar-refractivity contribution in [3.8, 4) is 0 Å². The van der Waals surface area contributed by atoms with Crippen LogP contribution in [0, 0.1) is 11.8 Å². The van der Waals surface area contributed by atoms with E-state index in [1.54, 1.807) is 11.3 Å². The molecular formula is C17H25N3O2S. The first kappa shape index (κ1) is 16.4. The van der Waals surface area contributed by atoms with Gasteiger partial charge in [-0.1, -0.05) is 20.3 Å². The zero-order valence-corrected chi connectivity index (χ0v) is 14.7. The monoisotopic (exact) mass is 335 g/mol. The number of hydrogen-bond acceptors (Lipinski definition) is 4. The van der Waals surface area contributed by atoms with Crippen LogP contribution in [-0.2, 0) is 22.4 Å². The lowest BCUT2D eigenvalue weighted by Crippen LogP contribution is -2.31. The summed E-state index contributed by atoms with van der Waals surface area (Å²) in [5, 5.41) is 3.65. The molecular weight excluding hydrogens is 310 g/mol. The molecule has 3 rings (SSSR count). The predicted molar refractivity (Wildman–Crippen MR) is 91.5 cm³/mol. The lowest BCUT2D eigenvalue weighted by Gasteiger charge is -2.18. The summed E-state index contributed by atoms with van der Waals surface area (Å²) in [6.45, 7) is 5.44. The highest BCUT2D eigenvalue weighted by Gasteiger charge is 2.34. The van der Waals surface area contributed by atoms with Crippen molar-refractivity contribution in [2.24, 2.45) is 11.8 Å². The van der Waals surface area contributed by atoms with Crippen LogP contribution < -0.4 is 5.32 Å². The van der Waals surface area contributed by atoms with Gasteiger partial charge in [-0.15, -0.1) is 11.3 Å². The molecule has 1 aromatic heterocycles. The number of likely N-dealkylation sites (tertiary alicyclic amines) is 1. The molecule has 1 fully saturated rings. The van der Waals surface area contributed by atoms with Gasteiger partial charge in [0.05, 0.1) is 11.6 Å². The Morgan fingerprint density at radius 2 is 2.13 bits per heavy atom. The summed E-state index contributed by atoms with van der Waals surface area (Å²) in [6.07, 6.45) is 6.08. The molecule has 2 heterocycles. The van der Waals surface area contributed by atoms with Crippen molar-refractivity contribution in [2.75, 3.05) is 18.4 Å². The van der Waals surface area contributed by atoms with Crippen LogP contribution in [0.4, 0.5) is 5.13 Å². The summed E-state index contributed by atoms with van der Waals surface area (Å²) in [7, 11) is 0. The standard InChI is InChI=1S/C17H25N3O2S/c1-11(2)9-20-10-12(8-15(20)21)16(22)19-17-18-13-6-4-3-5-7-14(13)23-17/h11-12H,3-10H2,1-2H3,(H,18,19,22). The Hall–Kier alpha value is -1.43. The average molecular weight is 335 g/mol. The Morgan fingerprint density at radius 1 is 1.35 bits per heavy atom. The predicted octanol–water partition coefficient (Wildman–Crippen LogP) is 2.86. The number of aromatic nitrogens is 1. The third kappa shape index (κ3) is 3.91. The zero-order valence-electron chi connectivity index (χ0n) is 13.9. The van der Waals surface area contributed by atoms with E-state index in [1.165, 1.54) is 24.1 Å². The van der Waals surface area contributed by atoms with Gasteiger partial charge in [0.15, 0.2) is 5.13 Å². The highest BCUT2D eigenvalue weighted by atomic mass is 32.1. The number of carbonyl (C=O) groups is 2. The molecule has 1 atom stereocenters. The highest BCUT2D eigenvalue weighted by molar-refractivity contribution is 7.15. The van der Waals surface area contributed by atoms with Crippen molar-refractivity contribution < 1.29 is 9.59 Å². The van der Waals surface area contributed by atoms with Gasteiger partial charge in [-0.25, -0.2) is 4.98 Å². The molecule has 0 radical (unpaired) electrons. The second-order valence-electron chi connectivity index (χ2n) is 7.03. The quantitative estimate of drug-likeness (QED) is 0.861. The fraction of sp³-hybridized carbons (Fsp3) is 0.706. The van der Waals surface area contributed by atoms with Crippen LogP contribution in [-0.4, -0.2) is 34.8 Å². The average Bonchev–Trinajstić information content (AvgIpc) is 2.95. The van der Waals surface area contributed by atoms with Crippen LogP contribution in [0.3, 0.4) is 0 Å². The van der Waals surface area contributed by atoms with E-state index < -0.39 is 0 Å². The van der Waals surface area contributed by atoms with Crippen molar-refractivity contribution >= 4 is 28.3 Å². The van der Waals surface area contributed by atoms with E-state index in [4.69, 9.17) is 0 Å². The van der Waals surface area contributed by atoms with Crippen molar-refractivity contribution in [1.29, 1.82) is 0 Å². The molecule has 1 aliphatic carbocycles. The van der Waals surface area contributed by atoms with Gasteiger partial charge in [0.1, 0.15) is 0 Å². The molecule has 1 saturated heterocycles. The van der Waals surface area contributed by atoms with Gasteiger partial charge in [0.25, 0.3) is 0 Å². The number of nitrogens with zero attached hydrogens (tertiary/aromatic N) is 2. The Morgan fingerprint density at radius 3 is 2.91 bits per heavy atom. The van der Waals surface area contributed by atoms with Gasteiger partial charge in [-0.2, -0.15) is 0 Å². The molecule has 6 heteroatoms. The van der Waals surface area contributed by atoms with E-state index >= 15 is 0 Å². The Kier molecular flexibility index (Phi) is 4.99. The molecule has 0 bridgehead atoms. The van der Waals surface area contributed by atoms with Gasteiger partial charge in [0.2, 0.25) is 11.8 Å². The summed E-state index contributed by atoms with van der Waals surface area (Å²) in [6, 6.07) is 0. The molecule has 23 heavy (non-hydrogen) atoms. The minimum absolute atomic E-state index is 0.0616. The van der Waals surface area contributed by atoms with Crippen molar-refractivity contribution in [3.05, 3.63) is 10.6 Å². The number of hydrogen-bond donors (Lipinski definition) is 1. The van der Waals surface area contributed by atoms with Gasteiger partial charge in [0, 0.05) is 24.4 Å². The molecule has 2 amide bonds. The lowest BCUT2D eigenvalue weighted by atomic mass is 10.1. The molecule has 0 saturated carbocycles. The topological polar surface area (TPSA) is 62.3 Å². The maximum absolute atomic E-state index is 12.4. The fourth-order valence-electron chi connectivity index (χ4n) is 3.35. The summed E-state index contributed by atoms with van der Waals surface area (Å²) in [5.41, 5.74) is 1.16. The van der Waals surface area contributed by atoms with Crippen LogP contribution in [0.2, 0.25) is 0 Å². The minimum Gasteiger partial charge on any atom is -0.342 e. The number of anilines is 1. The molecule has 5 nitrogen and oxygen atoms in total. The third-order valence-corrected chi connectivity index (χ3v) is 5.57. The first-order valence-electron chi connectivity index (χ1n) is 8.60. The van der Waals surface area contributed by atoms with E-state index in [0.29, 0.717) is 24.0 Å². The van der Waals surface area contributed by atoms with Crippen LogP contribution >= 0.6 is 11.3 Å². The van der Waals surface area contributed by atoms with E-state index in [2.05, 4.69) is 24.1 Å². The molecule has 1 aromatic rings. The lowest BCUT2D eigenvalue weighted by molar-refractivity contribution is -0.128. The molecule has 126 valence electrons. The van der Waals surface area contributed by atoms with E-state index in [9.17, 15) is 9.59 Å². The summed E-state index contributed by atoms with van der Waals surface area (Å²) >= 11 is 1.61. The fourth-order valence-corrected chi connectivity index (χ4v) is 4.41. The molecule has 0 spiro atoms. The maximum atomic E-state index is 12.4. The van der Waals surface area contributed by atoms with Gasteiger partial charge >= 0.3 is 0 Å². The molecule has 0 aromatic carbocycles. The number of carbonyl (C=O) groups excluding carboxylic acids is 2. The van der Waals surface area contributed by atoms with Crippen LogP contribution in [0.15, 0.2) is 0 Å². The molecule has 1 N–H and O–H groups in total. The smallest absolute Gasteiger partial charge is 0.231 e. The largest absolute Gasteiger partial charge is 0.342 e. The van der Waals surface area contributed by atoms with Crippen molar-refractivity contribution in [2.45, 2.75) is 52.4 Å². The van der Waals surface area contributed by atoms with E-state index in [-0.39, 0.29) is 17.7 Å². The molecule has 1 unspecified atom stereocenters. The number of thiazole rings is 1. The van der Waals surface area contributed by atoms with Crippen molar-refractivity contribution in [3.63, 3.8) is 0 Å². The van der Waals surface area contributed by atoms with Gasteiger partial charge in [-0.05, 0) is 31.6 Å². The second kappa shape index (κ2) is 6.99. The number of nitrogens with one attached hydrogen (secondary N) is 1. The number of aryl methyl sites for hydroxylation is 2.